The van der Waals surface area contributed by atoms with Crippen molar-refractivity contribution in [3.05, 3.63) is 40.1 Å². The van der Waals surface area contributed by atoms with Gasteiger partial charge in [-0.1, -0.05) is 18.2 Å². The van der Waals surface area contributed by atoms with Crippen molar-refractivity contribution in [2.45, 2.75) is 27.7 Å². The largest absolute Gasteiger partial charge is 0.425 e. The normalized spacial score (nSPS) is 25.5. The van der Waals surface area contributed by atoms with Gasteiger partial charge in [0.05, 0.1) is 0 Å². The molecule has 1 aromatic rings. The van der Waals surface area contributed by atoms with Crippen LogP contribution in [-0.4, -0.2) is 39.3 Å². The van der Waals surface area contributed by atoms with E-state index in [0.29, 0.717) is 0 Å². The van der Waals surface area contributed by atoms with Crippen molar-refractivity contribution in [3.8, 4) is 0 Å². The first-order chi connectivity index (χ1) is 9.61. The minimum Gasteiger partial charge on any atom is -0.425 e. The number of rotatable bonds is 2. The molecule has 0 atom stereocenters. The van der Waals surface area contributed by atoms with E-state index in [9.17, 15) is 0 Å². The van der Waals surface area contributed by atoms with E-state index in [0.717, 1.165) is 0 Å². The lowest BCUT2D eigenvalue weighted by molar-refractivity contribution is 0.334. The maximum Gasteiger partial charge on any atom is 0.333 e. The molecule has 0 spiro atoms. The predicted octanol–water partition coefficient (Wildman–Crippen LogP) is -0.0671. The molecular formula is C12H22O4Si4. The first-order valence-corrected chi connectivity index (χ1v) is 11.7. The number of aryl methyl sites for hydroxylation is 1. The number of allylic oxidation sites excluding steroid dienone is 2. The molecule has 0 radical (unpaired) electrons. The van der Waals surface area contributed by atoms with E-state index >= 15 is 0 Å². The highest BCUT2D eigenvalue weighted by molar-refractivity contribution is 6.66. The molecule has 0 bridgehead atoms. The van der Waals surface area contributed by atoms with E-state index < -0.39 is 39.3 Å². The molecule has 1 heterocycles. The van der Waals surface area contributed by atoms with Crippen molar-refractivity contribution in [2.75, 3.05) is 0 Å². The molecule has 0 N–H and O–H groups in total. The quantitative estimate of drug-likeness (QED) is 0.705. The van der Waals surface area contributed by atoms with Gasteiger partial charge in [0.25, 0.3) is 30.0 Å². The minimum atomic E-state index is -1.78. The van der Waals surface area contributed by atoms with Crippen LogP contribution in [0.25, 0.3) is 5.57 Å². The Kier molecular flexibility index (Phi) is 6.11. The Balaban J connectivity index is 2.26. The van der Waals surface area contributed by atoms with E-state index in [1.807, 2.05) is 0 Å². The zero-order chi connectivity index (χ0) is 14.5. The van der Waals surface area contributed by atoms with Gasteiger partial charge >= 0.3 is 9.28 Å². The summed E-state index contributed by atoms with van der Waals surface area (Å²) >= 11 is 0. The highest BCUT2D eigenvalue weighted by Crippen LogP contribution is 2.25. The molecule has 0 aromatic heterocycles. The third kappa shape index (κ3) is 3.86. The SMILES string of the molecule is CC(=C(C)[SiH]1O[SiH2]O[SiH2]O[SiH2]O1)c1cccc(C)c1C. The first-order valence-electron chi connectivity index (χ1n) is 6.74. The van der Waals surface area contributed by atoms with Crippen LogP contribution < -0.4 is 0 Å². The van der Waals surface area contributed by atoms with E-state index in [4.69, 9.17) is 16.5 Å². The van der Waals surface area contributed by atoms with Gasteiger partial charge in [-0.25, -0.2) is 0 Å². The highest BCUT2D eigenvalue weighted by Gasteiger charge is 2.21. The second-order valence-electron chi connectivity index (χ2n) is 4.98. The summed E-state index contributed by atoms with van der Waals surface area (Å²) in [7, 11) is -4.39. The number of benzene rings is 1. The van der Waals surface area contributed by atoms with Crippen LogP contribution in [0.15, 0.2) is 23.4 Å². The molecule has 1 aliphatic rings. The van der Waals surface area contributed by atoms with Crippen molar-refractivity contribution >= 4 is 44.9 Å². The molecule has 0 saturated carbocycles. The van der Waals surface area contributed by atoms with Crippen LogP contribution in [0.4, 0.5) is 0 Å². The molecule has 2 rings (SSSR count). The van der Waals surface area contributed by atoms with E-state index in [1.54, 1.807) is 0 Å². The molecule has 20 heavy (non-hydrogen) atoms. The third-order valence-corrected chi connectivity index (χ3v) is 11.0. The molecule has 1 aliphatic heterocycles. The van der Waals surface area contributed by atoms with Gasteiger partial charge in [-0.3, -0.25) is 0 Å². The summed E-state index contributed by atoms with van der Waals surface area (Å²) in [6.07, 6.45) is 0. The Morgan fingerprint density at radius 1 is 1.00 bits per heavy atom. The molecule has 1 saturated heterocycles. The van der Waals surface area contributed by atoms with Gasteiger partial charge in [-0.15, -0.1) is 0 Å². The maximum absolute atomic E-state index is 5.92. The van der Waals surface area contributed by atoms with Crippen molar-refractivity contribution in [1.82, 2.24) is 0 Å². The van der Waals surface area contributed by atoms with Gasteiger partial charge in [0.1, 0.15) is 0 Å². The van der Waals surface area contributed by atoms with E-state index in [2.05, 4.69) is 45.9 Å². The first kappa shape index (κ1) is 16.0. The summed E-state index contributed by atoms with van der Waals surface area (Å²) in [5.41, 5.74) is 5.23. The average molecular weight is 343 g/mol. The molecular weight excluding hydrogens is 320 g/mol. The van der Waals surface area contributed by atoms with E-state index in [-0.39, 0.29) is 0 Å². The smallest absolute Gasteiger partial charge is 0.333 e. The molecule has 110 valence electrons. The summed E-state index contributed by atoms with van der Waals surface area (Å²) in [6.45, 7) is 8.61. The van der Waals surface area contributed by atoms with Crippen LogP contribution in [0.5, 0.6) is 0 Å². The Hall–Kier alpha value is -0.332. The zero-order valence-corrected chi connectivity index (χ0v) is 18.0. The van der Waals surface area contributed by atoms with Gasteiger partial charge in [-0.05, 0) is 55.2 Å². The highest BCUT2D eigenvalue weighted by atomic mass is 28.4. The summed E-state index contributed by atoms with van der Waals surface area (Å²) < 4.78 is 22.8. The van der Waals surface area contributed by atoms with Crippen molar-refractivity contribution in [2.24, 2.45) is 0 Å². The fourth-order valence-electron chi connectivity index (χ4n) is 2.19. The van der Waals surface area contributed by atoms with Gasteiger partial charge in [0.2, 0.25) is 0 Å². The Morgan fingerprint density at radius 2 is 1.65 bits per heavy atom. The molecule has 1 fully saturated rings. The molecule has 1 aromatic carbocycles. The van der Waals surface area contributed by atoms with Gasteiger partial charge in [0.15, 0.2) is 0 Å². The average Bonchev–Trinajstić information content (AvgIpc) is 2.40. The van der Waals surface area contributed by atoms with Gasteiger partial charge < -0.3 is 16.5 Å². The molecule has 0 aliphatic carbocycles. The number of hydrogen-bond donors (Lipinski definition) is 0. The van der Waals surface area contributed by atoms with Crippen LogP contribution in [0.1, 0.15) is 30.5 Å². The topological polar surface area (TPSA) is 36.9 Å². The lowest BCUT2D eigenvalue weighted by atomic mass is 9.98. The molecule has 4 nitrogen and oxygen atoms in total. The summed E-state index contributed by atoms with van der Waals surface area (Å²) in [4.78, 5) is 0. The van der Waals surface area contributed by atoms with Crippen LogP contribution in [0.2, 0.25) is 0 Å². The Labute approximate surface area is 129 Å². The summed E-state index contributed by atoms with van der Waals surface area (Å²) in [6, 6.07) is 6.43. The van der Waals surface area contributed by atoms with Crippen LogP contribution >= 0.6 is 0 Å². The number of hydrogen-bond acceptors (Lipinski definition) is 4. The van der Waals surface area contributed by atoms with Crippen molar-refractivity contribution in [1.29, 1.82) is 0 Å². The minimum absolute atomic E-state index is 0.798. The van der Waals surface area contributed by atoms with E-state index in [1.165, 1.54) is 27.5 Å². The third-order valence-electron chi connectivity index (χ3n) is 3.73. The zero-order valence-electron chi connectivity index (χ0n) is 12.6. The fourth-order valence-corrected chi connectivity index (χ4v) is 11.5. The summed E-state index contributed by atoms with van der Waals surface area (Å²) in [5, 5.41) is 1.26. The Bertz CT molecular complexity index is 498. The lowest BCUT2D eigenvalue weighted by Gasteiger charge is -2.23. The van der Waals surface area contributed by atoms with Crippen LogP contribution in [-0.2, 0) is 16.5 Å². The Morgan fingerprint density at radius 3 is 2.30 bits per heavy atom. The second kappa shape index (κ2) is 7.61. The monoisotopic (exact) mass is 342 g/mol. The lowest BCUT2D eigenvalue weighted by Crippen LogP contribution is -2.34. The predicted molar refractivity (Wildman–Crippen MR) is 91.3 cm³/mol. The van der Waals surface area contributed by atoms with Gasteiger partial charge in [-0.2, -0.15) is 0 Å². The maximum atomic E-state index is 5.92. The van der Waals surface area contributed by atoms with Gasteiger partial charge in [0, 0.05) is 0 Å². The van der Waals surface area contributed by atoms with Crippen molar-refractivity contribution in [3.63, 3.8) is 0 Å². The standard InChI is InChI=1S/C12H22O4Si4/c1-8-6-5-7-12(9(8)2)10(3)11(4)20-15-18-13-17-14-19-16-20/h5-7,20H,17-19H2,1-4H3. The summed E-state index contributed by atoms with van der Waals surface area (Å²) in [5.74, 6) is 0. The van der Waals surface area contributed by atoms with Crippen molar-refractivity contribution < 1.29 is 16.5 Å². The van der Waals surface area contributed by atoms with Crippen LogP contribution in [0.3, 0.4) is 0 Å². The fraction of sp³-hybridized carbons (Fsp3) is 0.333. The second-order valence-corrected chi connectivity index (χ2v) is 13.2. The molecule has 0 amide bonds. The molecule has 0 unspecified atom stereocenters. The van der Waals surface area contributed by atoms with Crippen LogP contribution in [0, 0.1) is 13.8 Å². The molecule has 8 heteroatoms.